The van der Waals surface area contributed by atoms with Crippen molar-refractivity contribution < 1.29 is 27.8 Å². The van der Waals surface area contributed by atoms with Crippen LogP contribution in [0.2, 0.25) is 0 Å². The molecule has 144 valence electrons. The standard InChI is InChI=1S/C19H20F2N2O4/c1-26-12-22-18(24)17(9-14-7-15(20)10-16(21)8-14)23-19(25)27-11-13-5-3-2-4-6-13/h2-8,10,17H,9,11-12H2,1H3,(H,22,24)(H,23,25). The molecule has 2 aromatic rings. The van der Waals surface area contributed by atoms with Gasteiger partial charge in [-0.25, -0.2) is 13.6 Å². The Bertz CT molecular complexity index is 751. The number of rotatable bonds is 8. The number of nitrogens with one attached hydrogen (secondary N) is 2. The molecule has 0 aliphatic rings. The molecule has 0 bridgehead atoms. The highest BCUT2D eigenvalue weighted by molar-refractivity contribution is 5.85. The van der Waals surface area contributed by atoms with Gasteiger partial charge in [-0.05, 0) is 23.3 Å². The number of amides is 2. The predicted molar refractivity (Wildman–Crippen MR) is 93.6 cm³/mol. The molecule has 0 radical (unpaired) electrons. The van der Waals surface area contributed by atoms with Gasteiger partial charge in [-0.15, -0.1) is 0 Å². The van der Waals surface area contributed by atoms with Crippen LogP contribution in [0.4, 0.5) is 13.6 Å². The fourth-order valence-electron chi connectivity index (χ4n) is 2.35. The summed E-state index contributed by atoms with van der Waals surface area (Å²) in [6.07, 6.45) is -0.946. The van der Waals surface area contributed by atoms with Crippen molar-refractivity contribution in [3.8, 4) is 0 Å². The summed E-state index contributed by atoms with van der Waals surface area (Å²) in [7, 11) is 1.39. The smallest absolute Gasteiger partial charge is 0.408 e. The normalized spacial score (nSPS) is 11.5. The zero-order valence-electron chi connectivity index (χ0n) is 14.7. The lowest BCUT2D eigenvalue weighted by atomic mass is 10.0. The van der Waals surface area contributed by atoms with Gasteiger partial charge in [0.1, 0.15) is 31.0 Å². The summed E-state index contributed by atoms with van der Waals surface area (Å²) in [5.74, 6) is -2.11. The average molecular weight is 378 g/mol. The van der Waals surface area contributed by atoms with Gasteiger partial charge >= 0.3 is 6.09 Å². The Morgan fingerprint density at radius 1 is 1.04 bits per heavy atom. The van der Waals surface area contributed by atoms with E-state index in [0.717, 1.165) is 23.8 Å². The van der Waals surface area contributed by atoms with E-state index in [0.29, 0.717) is 0 Å². The van der Waals surface area contributed by atoms with E-state index in [4.69, 9.17) is 9.47 Å². The number of hydrogen-bond acceptors (Lipinski definition) is 4. The van der Waals surface area contributed by atoms with Crippen LogP contribution in [0, 0.1) is 11.6 Å². The number of carbonyl (C=O) groups excluding carboxylic acids is 2. The van der Waals surface area contributed by atoms with Crippen LogP contribution < -0.4 is 10.6 Å². The second-order valence-corrected chi connectivity index (χ2v) is 5.71. The van der Waals surface area contributed by atoms with Gasteiger partial charge in [0, 0.05) is 19.6 Å². The van der Waals surface area contributed by atoms with Crippen molar-refractivity contribution in [1.29, 1.82) is 0 Å². The van der Waals surface area contributed by atoms with Crippen molar-refractivity contribution >= 4 is 12.0 Å². The molecule has 6 nitrogen and oxygen atoms in total. The van der Waals surface area contributed by atoms with Crippen molar-refractivity contribution in [3.63, 3.8) is 0 Å². The van der Waals surface area contributed by atoms with Crippen molar-refractivity contribution in [2.24, 2.45) is 0 Å². The zero-order chi connectivity index (χ0) is 19.6. The minimum atomic E-state index is -1.09. The lowest BCUT2D eigenvalue weighted by Gasteiger charge is -2.18. The molecule has 0 heterocycles. The molecule has 1 atom stereocenters. The summed E-state index contributed by atoms with van der Waals surface area (Å²) in [5, 5.41) is 4.85. The van der Waals surface area contributed by atoms with Crippen LogP contribution in [0.15, 0.2) is 48.5 Å². The topological polar surface area (TPSA) is 76.7 Å². The summed E-state index contributed by atoms with van der Waals surface area (Å²) >= 11 is 0. The number of ether oxygens (including phenoxy) is 2. The van der Waals surface area contributed by atoms with Crippen molar-refractivity contribution in [1.82, 2.24) is 10.6 Å². The molecule has 2 rings (SSSR count). The highest BCUT2D eigenvalue weighted by Gasteiger charge is 2.22. The monoisotopic (exact) mass is 378 g/mol. The number of benzene rings is 2. The van der Waals surface area contributed by atoms with Gasteiger partial charge < -0.3 is 20.1 Å². The fraction of sp³-hybridized carbons (Fsp3) is 0.263. The number of carbonyl (C=O) groups is 2. The van der Waals surface area contributed by atoms with Crippen molar-refractivity contribution in [2.45, 2.75) is 19.1 Å². The van der Waals surface area contributed by atoms with Crippen LogP contribution in [0.3, 0.4) is 0 Å². The maximum Gasteiger partial charge on any atom is 0.408 e. The molecule has 8 heteroatoms. The van der Waals surface area contributed by atoms with Crippen LogP contribution in [0.25, 0.3) is 0 Å². The average Bonchev–Trinajstić information content (AvgIpc) is 2.64. The SMILES string of the molecule is COCNC(=O)C(Cc1cc(F)cc(F)c1)NC(=O)OCc1ccccc1. The maximum atomic E-state index is 13.4. The van der Waals surface area contributed by atoms with Crippen LogP contribution in [0.5, 0.6) is 0 Å². The molecular weight excluding hydrogens is 358 g/mol. The Labute approximate surface area is 155 Å². The Hall–Kier alpha value is -3.00. The number of methoxy groups -OCH3 is 1. The van der Waals surface area contributed by atoms with Crippen LogP contribution in [-0.2, 0) is 27.3 Å². The van der Waals surface area contributed by atoms with E-state index < -0.39 is 29.7 Å². The molecule has 0 aromatic heterocycles. The van der Waals surface area contributed by atoms with Gasteiger partial charge in [0.05, 0.1) is 0 Å². The van der Waals surface area contributed by atoms with E-state index in [1.54, 1.807) is 24.3 Å². The fourth-order valence-corrected chi connectivity index (χ4v) is 2.35. The second-order valence-electron chi connectivity index (χ2n) is 5.71. The first-order chi connectivity index (χ1) is 13.0. The van der Waals surface area contributed by atoms with Gasteiger partial charge in [-0.1, -0.05) is 30.3 Å². The van der Waals surface area contributed by atoms with Gasteiger partial charge in [0.2, 0.25) is 5.91 Å². The van der Waals surface area contributed by atoms with E-state index in [-0.39, 0.29) is 25.3 Å². The molecule has 27 heavy (non-hydrogen) atoms. The molecule has 0 spiro atoms. The summed E-state index contributed by atoms with van der Waals surface area (Å²) in [5.41, 5.74) is 0.994. The Kier molecular flexibility index (Phi) is 7.69. The van der Waals surface area contributed by atoms with Crippen LogP contribution in [-0.4, -0.2) is 31.9 Å². The van der Waals surface area contributed by atoms with E-state index in [1.807, 2.05) is 6.07 Å². The highest BCUT2D eigenvalue weighted by atomic mass is 19.1. The zero-order valence-corrected chi connectivity index (χ0v) is 14.7. The largest absolute Gasteiger partial charge is 0.445 e. The maximum absolute atomic E-state index is 13.4. The molecular formula is C19H20F2N2O4. The minimum Gasteiger partial charge on any atom is -0.445 e. The quantitative estimate of drug-likeness (QED) is 0.692. The lowest BCUT2D eigenvalue weighted by molar-refractivity contribution is -0.124. The van der Waals surface area contributed by atoms with E-state index in [9.17, 15) is 18.4 Å². The Balaban J connectivity index is 2.02. The summed E-state index contributed by atoms with van der Waals surface area (Å²) in [6.45, 7) is -0.0543. The second kappa shape index (κ2) is 10.2. The van der Waals surface area contributed by atoms with E-state index in [1.165, 1.54) is 7.11 Å². The molecule has 2 amide bonds. The van der Waals surface area contributed by atoms with Crippen LogP contribution >= 0.6 is 0 Å². The van der Waals surface area contributed by atoms with E-state index >= 15 is 0 Å². The highest BCUT2D eigenvalue weighted by Crippen LogP contribution is 2.11. The molecule has 2 aromatic carbocycles. The summed E-state index contributed by atoms with van der Waals surface area (Å²) < 4.78 is 36.6. The Morgan fingerprint density at radius 2 is 1.70 bits per heavy atom. The molecule has 2 N–H and O–H groups in total. The number of alkyl carbamates (subject to hydrolysis) is 1. The van der Waals surface area contributed by atoms with Crippen molar-refractivity contribution in [3.05, 3.63) is 71.3 Å². The van der Waals surface area contributed by atoms with Gasteiger partial charge in [0.15, 0.2) is 0 Å². The Morgan fingerprint density at radius 3 is 2.33 bits per heavy atom. The predicted octanol–water partition coefficient (Wildman–Crippen LogP) is 2.52. The molecule has 0 aliphatic carbocycles. The first kappa shape index (κ1) is 20.3. The first-order valence-corrected chi connectivity index (χ1v) is 8.16. The summed E-state index contributed by atoms with van der Waals surface area (Å²) in [6, 6.07) is 10.8. The number of hydrogen-bond donors (Lipinski definition) is 2. The molecule has 0 saturated carbocycles. The van der Waals surface area contributed by atoms with Gasteiger partial charge in [0.25, 0.3) is 0 Å². The third-order valence-electron chi connectivity index (χ3n) is 3.57. The van der Waals surface area contributed by atoms with Gasteiger partial charge in [-0.3, -0.25) is 4.79 Å². The van der Waals surface area contributed by atoms with Crippen LogP contribution in [0.1, 0.15) is 11.1 Å². The molecule has 1 unspecified atom stereocenters. The molecule has 0 saturated heterocycles. The van der Waals surface area contributed by atoms with Gasteiger partial charge in [-0.2, -0.15) is 0 Å². The molecule has 0 fully saturated rings. The third kappa shape index (κ3) is 7.02. The van der Waals surface area contributed by atoms with E-state index in [2.05, 4.69) is 10.6 Å². The summed E-state index contributed by atoms with van der Waals surface area (Å²) in [4.78, 5) is 24.3. The number of halogens is 2. The third-order valence-corrected chi connectivity index (χ3v) is 3.57. The first-order valence-electron chi connectivity index (χ1n) is 8.16. The lowest BCUT2D eigenvalue weighted by Crippen LogP contribution is -2.48. The molecule has 0 aliphatic heterocycles. The van der Waals surface area contributed by atoms with Crippen molar-refractivity contribution in [2.75, 3.05) is 13.8 Å². The minimum absolute atomic E-state index is 0.0215.